The number of aromatic nitrogens is 1. The summed E-state index contributed by atoms with van der Waals surface area (Å²) in [5.74, 6) is 0.387. The van der Waals surface area contributed by atoms with Crippen molar-refractivity contribution in [3.8, 4) is 0 Å². The van der Waals surface area contributed by atoms with E-state index >= 15 is 0 Å². The van der Waals surface area contributed by atoms with Crippen LogP contribution in [-0.2, 0) is 5.75 Å². The highest BCUT2D eigenvalue weighted by Gasteiger charge is 2.14. The van der Waals surface area contributed by atoms with Gasteiger partial charge in [0.2, 0.25) is 0 Å². The molecule has 8 heteroatoms. The fourth-order valence-corrected chi connectivity index (χ4v) is 4.12. The minimum Gasteiger partial charge on any atom is -0.361 e. The van der Waals surface area contributed by atoms with Gasteiger partial charge in [0.25, 0.3) is 11.8 Å². The van der Waals surface area contributed by atoms with Crippen LogP contribution in [0.1, 0.15) is 43.3 Å². The molecule has 3 aromatic rings. The van der Waals surface area contributed by atoms with E-state index in [4.69, 9.17) is 4.52 Å². The first-order chi connectivity index (χ1) is 14.9. The number of rotatable bonds is 8. The lowest BCUT2D eigenvalue weighted by Crippen LogP contribution is -2.34. The first kappa shape index (κ1) is 22.6. The van der Waals surface area contributed by atoms with Gasteiger partial charge < -0.3 is 15.2 Å². The Labute approximate surface area is 184 Å². The van der Waals surface area contributed by atoms with Gasteiger partial charge in [0.15, 0.2) is 0 Å². The number of carbonyl (C=O) groups is 2. The summed E-state index contributed by atoms with van der Waals surface area (Å²) in [6.45, 7) is 5.88. The van der Waals surface area contributed by atoms with Crippen LogP contribution in [0.25, 0.3) is 0 Å². The van der Waals surface area contributed by atoms with Gasteiger partial charge in [-0.3, -0.25) is 9.59 Å². The Bertz CT molecular complexity index is 1080. The van der Waals surface area contributed by atoms with Crippen molar-refractivity contribution in [1.29, 1.82) is 0 Å². The third-order valence-corrected chi connectivity index (χ3v) is 5.92. The highest BCUT2D eigenvalue weighted by Crippen LogP contribution is 2.28. The van der Waals surface area contributed by atoms with Crippen molar-refractivity contribution in [2.75, 3.05) is 13.1 Å². The zero-order valence-electron chi connectivity index (χ0n) is 17.6. The predicted octanol–water partition coefficient (Wildman–Crippen LogP) is 4.19. The summed E-state index contributed by atoms with van der Waals surface area (Å²) in [7, 11) is 0. The number of halogens is 1. The summed E-state index contributed by atoms with van der Waals surface area (Å²) >= 11 is 1.54. The number of nitrogens with zero attached hydrogens (tertiary/aromatic N) is 1. The number of thioether (sulfide) groups is 1. The van der Waals surface area contributed by atoms with Gasteiger partial charge in [-0.1, -0.05) is 23.4 Å². The van der Waals surface area contributed by atoms with E-state index in [-0.39, 0.29) is 30.5 Å². The van der Waals surface area contributed by atoms with E-state index in [1.54, 1.807) is 25.1 Å². The molecular weight excluding hydrogens is 417 g/mol. The number of nitrogens with one attached hydrogen (secondary N) is 2. The number of hydrogen-bond acceptors (Lipinski definition) is 5. The van der Waals surface area contributed by atoms with Gasteiger partial charge in [0, 0.05) is 34.9 Å². The minimum absolute atomic E-state index is 0.225. The molecule has 0 aliphatic heterocycles. The van der Waals surface area contributed by atoms with Gasteiger partial charge in [-0.25, -0.2) is 4.39 Å². The topological polar surface area (TPSA) is 84.2 Å². The van der Waals surface area contributed by atoms with Gasteiger partial charge >= 0.3 is 0 Å². The molecule has 162 valence electrons. The van der Waals surface area contributed by atoms with Crippen LogP contribution in [-0.4, -0.2) is 30.1 Å². The quantitative estimate of drug-likeness (QED) is 0.405. The van der Waals surface area contributed by atoms with Crippen molar-refractivity contribution in [3.63, 3.8) is 0 Å². The van der Waals surface area contributed by atoms with Crippen molar-refractivity contribution in [2.24, 2.45) is 0 Å². The summed E-state index contributed by atoms with van der Waals surface area (Å²) in [5.41, 5.74) is 3.16. The molecule has 2 amide bonds. The third-order valence-electron chi connectivity index (χ3n) is 4.82. The van der Waals surface area contributed by atoms with Crippen molar-refractivity contribution in [1.82, 2.24) is 15.8 Å². The van der Waals surface area contributed by atoms with E-state index in [0.717, 1.165) is 21.9 Å². The monoisotopic (exact) mass is 441 g/mol. The fourth-order valence-electron chi connectivity index (χ4n) is 2.92. The van der Waals surface area contributed by atoms with Crippen molar-refractivity contribution >= 4 is 23.6 Å². The molecule has 0 bridgehead atoms. The van der Waals surface area contributed by atoms with E-state index in [9.17, 15) is 14.0 Å². The Hall–Kier alpha value is -3.13. The lowest BCUT2D eigenvalue weighted by Gasteiger charge is -2.11. The molecule has 31 heavy (non-hydrogen) atoms. The van der Waals surface area contributed by atoms with Crippen LogP contribution in [0.5, 0.6) is 0 Å². The molecule has 0 aliphatic rings. The second kappa shape index (κ2) is 10.3. The molecule has 2 aromatic carbocycles. The van der Waals surface area contributed by atoms with Gasteiger partial charge in [0.05, 0.1) is 11.3 Å². The second-order valence-electron chi connectivity index (χ2n) is 7.06. The molecule has 3 rings (SSSR count). The van der Waals surface area contributed by atoms with E-state index < -0.39 is 5.82 Å². The Morgan fingerprint density at radius 3 is 2.42 bits per heavy atom. The molecule has 0 radical (unpaired) electrons. The van der Waals surface area contributed by atoms with Crippen molar-refractivity contribution in [3.05, 3.63) is 82.0 Å². The summed E-state index contributed by atoms with van der Waals surface area (Å²) in [4.78, 5) is 25.6. The van der Waals surface area contributed by atoms with Crippen LogP contribution >= 0.6 is 11.8 Å². The van der Waals surface area contributed by atoms with Gasteiger partial charge in [0.1, 0.15) is 11.6 Å². The third kappa shape index (κ3) is 5.73. The molecule has 2 N–H and O–H groups in total. The number of benzene rings is 2. The van der Waals surface area contributed by atoms with Crippen LogP contribution in [0.2, 0.25) is 0 Å². The molecule has 0 fully saturated rings. The predicted molar refractivity (Wildman–Crippen MR) is 118 cm³/mol. The van der Waals surface area contributed by atoms with Crippen LogP contribution in [0.4, 0.5) is 4.39 Å². The zero-order chi connectivity index (χ0) is 22.4. The minimum atomic E-state index is -0.424. The Kier molecular flexibility index (Phi) is 7.46. The Morgan fingerprint density at radius 1 is 1.03 bits per heavy atom. The molecule has 0 unspecified atom stereocenters. The number of aryl methyl sites for hydroxylation is 3. The Morgan fingerprint density at radius 2 is 1.74 bits per heavy atom. The van der Waals surface area contributed by atoms with Crippen LogP contribution in [0.15, 0.2) is 51.9 Å². The molecule has 0 saturated heterocycles. The molecule has 0 spiro atoms. The standard InChI is InChI=1S/C23H24FN3O3S/c1-14-8-9-17(12-20(14)24)22(28)25-10-11-26-23(29)18-6-4-5-7-21(18)31-13-19-15(2)27-30-16(19)3/h4-9,12H,10-11,13H2,1-3H3,(H,25,28)(H,26,29). The van der Waals surface area contributed by atoms with E-state index in [1.165, 1.54) is 17.8 Å². The van der Waals surface area contributed by atoms with Crippen LogP contribution < -0.4 is 10.6 Å². The maximum absolute atomic E-state index is 13.6. The first-order valence-corrected chi connectivity index (χ1v) is 10.8. The van der Waals surface area contributed by atoms with Gasteiger partial charge in [-0.2, -0.15) is 0 Å². The van der Waals surface area contributed by atoms with Gasteiger partial charge in [-0.05, 0) is 50.6 Å². The average Bonchev–Trinajstić information content (AvgIpc) is 3.08. The highest BCUT2D eigenvalue weighted by molar-refractivity contribution is 7.98. The number of hydrogen-bond donors (Lipinski definition) is 2. The number of amides is 2. The summed E-state index contributed by atoms with van der Waals surface area (Å²) in [6.07, 6.45) is 0. The largest absolute Gasteiger partial charge is 0.361 e. The maximum Gasteiger partial charge on any atom is 0.252 e. The van der Waals surface area contributed by atoms with E-state index in [0.29, 0.717) is 16.9 Å². The Balaban J connectivity index is 1.52. The maximum atomic E-state index is 13.6. The summed E-state index contributed by atoms with van der Waals surface area (Å²) in [6, 6.07) is 11.7. The molecule has 1 heterocycles. The average molecular weight is 442 g/mol. The zero-order valence-corrected chi connectivity index (χ0v) is 18.4. The molecular formula is C23H24FN3O3S. The summed E-state index contributed by atoms with van der Waals surface area (Å²) < 4.78 is 18.8. The molecule has 0 aliphatic carbocycles. The summed E-state index contributed by atoms with van der Waals surface area (Å²) in [5, 5.41) is 9.45. The smallest absolute Gasteiger partial charge is 0.252 e. The van der Waals surface area contributed by atoms with Crippen LogP contribution in [0, 0.1) is 26.6 Å². The van der Waals surface area contributed by atoms with Crippen molar-refractivity contribution < 1.29 is 18.5 Å². The molecule has 0 saturated carbocycles. The normalized spacial score (nSPS) is 10.7. The first-order valence-electron chi connectivity index (χ1n) is 9.83. The SMILES string of the molecule is Cc1ccc(C(=O)NCCNC(=O)c2ccccc2SCc2c(C)noc2C)cc1F. The molecule has 1 aromatic heterocycles. The van der Waals surface area contributed by atoms with E-state index in [2.05, 4.69) is 15.8 Å². The molecule has 0 atom stereocenters. The van der Waals surface area contributed by atoms with E-state index in [1.807, 2.05) is 32.0 Å². The fraction of sp³-hybridized carbons (Fsp3) is 0.261. The lowest BCUT2D eigenvalue weighted by molar-refractivity contribution is 0.0926. The van der Waals surface area contributed by atoms with Crippen molar-refractivity contribution in [2.45, 2.75) is 31.4 Å². The lowest BCUT2D eigenvalue weighted by atomic mass is 10.1. The molecule has 6 nitrogen and oxygen atoms in total. The second-order valence-corrected chi connectivity index (χ2v) is 8.08. The van der Waals surface area contributed by atoms with Crippen LogP contribution in [0.3, 0.4) is 0 Å². The van der Waals surface area contributed by atoms with Gasteiger partial charge in [-0.15, -0.1) is 11.8 Å². The highest BCUT2D eigenvalue weighted by atomic mass is 32.2. The number of carbonyl (C=O) groups excluding carboxylic acids is 2.